The van der Waals surface area contributed by atoms with E-state index >= 15 is 0 Å². The van der Waals surface area contributed by atoms with E-state index in [1.165, 1.54) is 0 Å². The number of pyridine rings is 1. The lowest BCUT2D eigenvalue weighted by Crippen LogP contribution is -2.24. The monoisotopic (exact) mass is 227 g/mol. The highest BCUT2D eigenvalue weighted by molar-refractivity contribution is 6.29. The first-order valence-electron chi connectivity index (χ1n) is 4.81. The quantitative estimate of drug-likeness (QED) is 0.773. The normalized spacial score (nSPS) is 9.80. The molecule has 0 spiro atoms. The van der Waals surface area contributed by atoms with E-state index in [9.17, 15) is 4.79 Å². The Labute approximate surface area is 94.0 Å². The summed E-state index contributed by atoms with van der Waals surface area (Å²) in [7, 11) is 1.73. The number of anilines is 1. The summed E-state index contributed by atoms with van der Waals surface area (Å²) >= 11 is 5.78. The Hall–Kier alpha value is -1.29. The molecule has 0 radical (unpaired) electrons. The van der Waals surface area contributed by atoms with Gasteiger partial charge in [0, 0.05) is 19.2 Å². The van der Waals surface area contributed by atoms with Gasteiger partial charge in [-0.2, -0.15) is 0 Å². The third-order valence-corrected chi connectivity index (χ3v) is 2.04. The van der Waals surface area contributed by atoms with Crippen LogP contribution < -0.4 is 10.6 Å². The van der Waals surface area contributed by atoms with Crippen molar-refractivity contribution in [2.45, 2.75) is 13.3 Å². The summed E-state index contributed by atoms with van der Waals surface area (Å²) in [5.41, 5.74) is 0.521. The third kappa shape index (κ3) is 3.40. The van der Waals surface area contributed by atoms with Crippen molar-refractivity contribution in [1.82, 2.24) is 10.3 Å². The van der Waals surface area contributed by atoms with Gasteiger partial charge >= 0.3 is 0 Å². The first kappa shape index (κ1) is 11.8. The molecule has 0 bridgehead atoms. The van der Waals surface area contributed by atoms with E-state index in [2.05, 4.69) is 15.6 Å². The van der Waals surface area contributed by atoms with E-state index in [-0.39, 0.29) is 5.91 Å². The van der Waals surface area contributed by atoms with Gasteiger partial charge in [0.05, 0.1) is 0 Å². The average molecular weight is 228 g/mol. The number of nitrogens with one attached hydrogen (secondary N) is 2. The molecule has 0 aromatic carbocycles. The van der Waals surface area contributed by atoms with E-state index in [1.807, 2.05) is 6.92 Å². The molecule has 0 atom stereocenters. The second-order valence-electron chi connectivity index (χ2n) is 3.07. The topological polar surface area (TPSA) is 54.0 Å². The smallest absolute Gasteiger partial charge is 0.251 e. The standard InChI is InChI=1S/C10H14ClN3O/c1-3-4-13-10(15)7-5-8(11)14-9(6-7)12-2/h5-6H,3-4H2,1-2H3,(H,12,14)(H,13,15). The van der Waals surface area contributed by atoms with Gasteiger partial charge in [0.25, 0.3) is 5.91 Å². The zero-order valence-corrected chi connectivity index (χ0v) is 9.56. The molecule has 2 N–H and O–H groups in total. The molecule has 1 aromatic heterocycles. The van der Waals surface area contributed by atoms with Crippen LogP contribution in [-0.4, -0.2) is 24.5 Å². The molecule has 0 aliphatic carbocycles. The Morgan fingerprint density at radius 1 is 1.53 bits per heavy atom. The van der Waals surface area contributed by atoms with Crippen LogP contribution in [0.5, 0.6) is 0 Å². The zero-order chi connectivity index (χ0) is 11.3. The molecule has 0 aliphatic rings. The molecule has 15 heavy (non-hydrogen) atoms. The number of rotatable bonds is 4. The Bertz CT molecular complexity index is 355. The number of nitrogens with zero attached hydrogens (tertiary/aromatic N) is 1. The SMILES string of the molecule is CCCNC(=O)c1cc(Cl)nc(NC)c1. The molecule has 1 aromatic rings. The van der Waals surface area contributed by atoms with Gasteiger partial charge in [-0.05, 0) is 18.6 Å². The fourth-order valence-electron chi connectivity index (χ4n) is 1.10. The van der Waals surface area contributed by atoms with Crippen LogP contribution in [0.4, 0.5) is 5.82 Å². The van der Waals surface area contributed by atoms with Crippen LogP contribution in [0.1, 0.15) is 23.7 Å². The Morgan fingerprint density at radius 2 is 2.27 bits per heavy atom. The van der Waals surface area contributed by atoms with Crippen LogP contribution in [0.25, 0.3) is 0 Å². The van der Waals surface area contributed by atoms with Gasteiger partial charge < -0.3 is 10.6 Å². The van der Waals surface area contributed by atoms with Gasteiger partial charge in [0.15, 0.2) is 0 Å². The summed E-state index contributed by atoms with van der Waals surface area (Å²) in [5.74, 6) is 0.460. The summed E-state index contributed by atoms with van der Waals surface area (Å²) in [5, 5.41) is 5.93. The number of halogens is 1. The summed E-state index contributed by atoms with van der Waals surface area (Å²) < 4.78 is 0. The summed E-state index contributed by atoms with van der Waals surface area (Å²) in [6.07, 6.45) is 0.906. The van der Waals surface area contributed by atoms with Crippen LogP contribution in [0.3, 0.4) is 0 Å². The van der Waals surface area contributed by atoms with E-state index < -0.39 is 0 Å². The number of carbonyl (C=O) groups is 1. The maximum Gasteiger partial charge on any atom is 0.251 e. The van der Waals surface area contributed by atoms with Crippen LogP contribution in [0, 0.1) is 0 Å². The van der Waals surface area contributed by atoms with E-state index in [1.54, 1.807) is 19.2 Å². The lowest BCUT2D eigenvalue weighted by molar-refractivity contribution is 0.0953. The largest absolute Gasteiger partial charge is 0.373 e. The molecule has 1 rings (SSSR count). The summed E-state index contributed by atoms with van der Waals surface area (Å²) in [6.45, 7) is 2.66. The van der Waals surface area contributed by atoms with Gasteiger partial charge in [0.2, 0.25) is 0 Å². The van der Waals surface area contributed by atoms with Gasteiger partial charge in [-0.25, -0.2) is 4.98 Å². The minimum atomic E-state index is -0.127. The van der Waals surface area contributed by atoms with Crippen LogP contribution >= 0.6 is 11.6 Å². The average Bonchev–Trinajstić information content (AvgIpc) is 2.24. The molecule has 0 aliphatic heterocycles. The van der Waals surface area contributed by atoms with Crippen molar-refractivity contribution in [2.24, 2.45) is 0 Å². The lowest BCUT2D eigenvalue weighted by atomic mass is 10.2. The molecular weight excluding hydrogens is 214 g/mol. The van der Waals surface area contributed by atoms with Crippen LogP contribution in [-0.2, 0) is 0 Å². The van der Waals surface area contributed by atoms with Gasteiger partial charge in [-0.15, -0.1) is 0 Å². The summed E-state index contributed by atoms with van der Waals surface area (Å²) in [4.78, 5) is 15.6. The van der Waals surface area contributed by atoms with E-state index in [4.69, 9.17) is 11.6 Å². The van der Waals surface area contributed by atoms with Crippen molar-refractivity contribution >= 4 is 23.3 Å². The number of hydrogen-bond donors (Lipinski definition) is 2. The predicted octanol–water partition coefficient (Wildman–Crippen LogP) is 1.92. The first-order chi connectivity index (χ1) is 7.17. The minimum absolute atomic E-state index is 0.127. The summed E-state index contributed by atoms with van der Waals surface area (Å²) in [6, 6.07) is 3.21. The molecule has 1 amide bonds. The Kier molecular flexibility index (Phi) is 4.37. The van der Waals surface area contributed by atoms with Crippen molar-refractivity contribution in [2.75, 3.05) is 18.9 Å². The van der Waals surface area contributed by atoms with E-state index in [0.717, 1.165) is 6.42 Å². The molecule has 5 heteroatoms. The maximum absolute atomic E-state index is 11.6. The molecule has 1 heterocycles. The van der Waals surface area contributed by atoms with Gasteiger partial charge in [0.1, 0.15) is 11.0 Å². The number of carbonyl (C=O) groups excluding carboxylic acids is 1. The molecule has 0 saturated heterocycles. The maximum atomic E-state index is 11.6. The van der Waals surface area contributed by atoms with Crippen molar-refractivity contribution < 1.29 is 4.79 Å². The molecule has 0 unspecified atom stereocenters. The van der Waals surface area contributed by atoms with Gasteiger partial charge in [-0.1, -0.05) is 18.5 Å². The van der Waals surface area contributed by atoms with Gasteiger partial charge in [-0.3, -0.25) is 4.79 Å². The highest BCUT2D eigenvalue weighted by atomic mass is 35.5. The number of hydrogen-bond acceptors (Lipinski definition) is 3. The predicted molar refractivity (Wildman–Crippen MR) is 61.4 cm³/mol. The highest BCUT2D eigenvalue weighted by Gasteiger charge is 2.07. The van der Waals surface area contributed by atoms with Crippen molar-refractivity contribution in [3.63, 3.8) is 0 Å². The Balaban J connectivity index is 2.83. The number of amides is 1. The second-order valence-corrected chi connectivity index (χ2v) is 3.46. The highest BCUT2D eigenvalue weighted by Crippen LogP contribution is 2.13. The second kappa shape index (κ2) is 5.56. The minimum Gasteiger partial charge on any atom is -0.373 e. The van der Waals surface area contributed by atoms with Crippen molar-refractivity contribution in [3.8, 4) is 0 Å². The lowest BCUT2D eigenvalue weighted by Gasteiger charge is -2.06. The van der Waals surface area contributed by atoms with Crippen molar-refractivity contribution in [1.29, 1.82) is 0 Å². The molecule has 0 fully saturated rings. The number of aromatic nitrogens is 1. The third-order valence-electron chi connectivity index (χ3n) is 1.85. The fourth-order valence-corrected chi connectivity index (χ4v) is 1.31. The fraction of sp³-hybridized carbons (Fsp3) is 0.400. The molecule has 82 valence electrons. The molecular formula is C10H14ClN3O. The zero-order valence-electron chi connectivity index (χ0n) is 8.80. The van der Waals surface area contributed by atoms with Crippen LogP contribution in [0.2, 0.25) is 5.15 Å². The molecule has 4 nitrogen and oxygen atoms in total. The molecule has 0 saturated carbocycles. The Morgan fingerprint density at radius 3 is 2.87 bits per heavy atom. The van der Waals surface area contributed by atoms with Crippen LogP contribution in [0.15, 0.2) is 12.1 Å². The first-order valence-corrected chi connectivity index (χ1v) is 5.18. The van der Waals surface area contributed by atoms with E-state index in [0.29, 0.717) is 23.1 Å². The van der Waals surface area contributed by atoms with Crippen molar-refractivity contribution in [3.05, 3.63) is 22.8 Å².